The number of nitrogens with zero attached hydrogens (tertiary/aromatic N) is 1. The van der Waals surface area contributed by atoms with Crippen molar-refractivity contribution < 1.29 is 13.9 Å². The second kappa shape index (κ2) is 7.86. The number of carbonyl (C=O) groups excluding carboxylic acids is 1. The summed E-state index contributed by atoms with van der Waals surface area (Å²) in [5, 5.41) is 2.89. The van der Waals surface area contributed by atoms with Crippen molar-refractivity contribution in [3.63, 3.8) is 0 Å². The maximum Gasteiger partial charge on any atom is 0.255 e. The summed E-state index contributed by atoms with van der Waals surface area (Å²) in [4.78, 5) is 17.1. The van der Waals surface area contributed by atoms with Crippen molar-refractivity contribution in [3.8, 4) is 17.2 Å². The molecule has 0 atom stereocenters. The number of amides is 1. The molecule has 0 unspecified atom stereocenters. The Kier molecular flexibility index (Phi) is 5.12. The number of aromatic nitrogens is 1. The first kappa shape index (κ1) is 18.3. The molecule has 0 radical (unpaired) electrons. The van der Waals surface area contributed by atoms with Gasteiger partial charge in [0.1, 0.15) is 11.3 Å². The first-order valence-corrected chi connectivity index (χ1v) is 9.62. The van der Waals surface area contributed by atoms with Crippen LogP contribution in [0.4, 0.5) is 5.69 Å². The van der Waals surface area contributed by atoms with Crippen molar-refractivity contribution in [1.29, 1.82) is 0 Å². The molecule has 0 aliphatic rings. The number of hydrogen-bond donors (Lipinski definition) is 1. The van der Waals surface area contributed by atoms with Gasteiger partial charge < -0.3 is 14.5 Å². The van der Waals surface area contributed by atoms with Crippen LogP contribution in [0, 0.1) is 0 Å². The van der Waals surface area contributed by atoms with Crippen LogP contribution in [-0.4, -0.2) is 17.5 Å². The molecule has 0 saturated heterocycles. The zero-order valence-corrected chi connectivity index (χ0v) is 16.7. The third kappa shape index (κ3) is 3.92. The molecule has 1 amide bonds. The lowest BCUT2D eigenvalue weighted by molar-refractivity contribution is 0.102. The van der Waals surface area contributed by atoms with Crippen molar-refractivity contribution in [3.05, 3.63) is 76.8 Å². The van der Waals surface area contributed by atoms with Crippen LogP contribution >= 0.6 is 15.9 Å². The Morgan fingerprint density at radius 3 is 2.71 bits per heavy atom. The van der Waals surface area contributed by atoms with E-state index in [4.69, 9.17) is 9.15 Å². The molecule has 28 heavy (non-hydrogen) atoms. The number of ether oxygens (including phenoxy) is 1. The average Bonchev–Trinajstić information content (AvgIpc) is 3.12. The average molecular weight is 437 g/mol. The van der Waals surface area contributed by atoms with E-state index in [-0.39, 0.29) is 5.91 Å². The van der Waals surface area contributed by atoms with Gasteiger partial charge in [0.2, 0.25) is 5.89 Å². The Balaban J connectivity index is 1.57. The Bertz CT molecular complexity index is 1140. The summed E-state index contributed by atoms with van der Waals surface area (Å²) in [7, 11) is 0. The minimum absolute atomic E-state index is 0.211. The van der Waals surface area contributed by atoms with E-state index in [0.717, 1.165) is 10.0 Å². The summed E-state index contributed by atoms with van der Waals surface area (Å²) in [6.45, 7) is 2.46. The predicted octanol–water partition coefficient (Wildman–Crippen LogP) is 5.91. The van der Waals surface area contributed by atoms with E-state index in [1.165, 1.54) is 0 Å². The summed E-state index contributed by atoms with van der Waals surface area (Å²) < 4.78 is 12.3. The summed E-state index contributed by atoms with van der Waals surface area (Å²) in [5.41, 5.74) is 3.41. The van der Waals surface area contributed by atoms with Crippen LogP contribution in [0.2, 0.25) is 0 Å². The third-order valence-corrected chi connectivity index (χ3v) is 4.67. The van der Waals surface area contributed by atoms with Gasteiger partial charge >= 0.3 is 0 Å². The molecule has 0 fully saturated rings. The second-order valence-electron chi connectivity index (χ2n) is 6.12. The Morgan fingerprint density at radius 2 is 1.93 bits per heavy atom. The van der Waals surface area contributed by atoms with E-state index in [1.54, 1.807) is 36.4 Å². The van der Waals surface area contributed by atoms with Gasteiger partial charge in [0, 0.05) is 21.3 Å². The maximum atomic E-state index is 12.6. The van der Waals surface area contributed by atoms with Crippen LogP contribution < -0.4 is 10.1 Å². The molecule has 5 nitrogen and oxygen atoms in total. The van der Waals surface area contributed by atoms with Crippen LogP contribution in [0.15, 0.2) is 75.6 Å². The fraction of sp³-hybridized carbons (Fsp3) is 0.0909. The van der Waals surface area contributed by atoms with E-state index < -0.39 is 0 Å². The highest BCUT2D eigenvalue weighted by Gasteiger charge is 2.11. The van der Waals surface area contributed by atoms with Gasteiger partial charge in [0.25, 0.3) is 5.91 Å². The zero-order valence-electron chi connectivity index (χ0n) is 15.1. The fourth-order valence-electron chi connectivity index (χ4n) is 2.82. The van der Waals surface area contributed by atoms with E-state index in [1.807, 2.05) is 37.3 Å². The Hall–Kier alpha value is -3.12. The topological polar surface area (TPSA) is 64.4 Å². The van der Waals surface area contributed by atoms with Crippen LogP contribution in [0.3, 0.4) is 0 Å². The Morgan fingerprint density at radius 1 is 1.11 bits per heavy atom. The highest BCUT2D eigenvalue weighted by molar-refractivity contribution is 9.10. The molecule has 140 valence electrons. The minimum Gasteiger partial charge on any atom is -0.494 e. The summed E-state index contributed by atoms with van der Waals surface area (Å²) in [6, 6.07) is 20.2. The summed E-state index contributed by atoms with van der Waals surface area (Å²) in [6.07, 6.45) is 0. The lowest BCUT2D eigenvalue weighted by Gasteiger charge is -2.07. The monoisotopic (exact) mass is 436 g/mol. The Labute approximate surface area is 170 Å². The van der Waals surface area contributed by atoms with Crippen LogP contribution in [-0.2, 0) is 0 Å². The number of benzene rings is 3. The molecule has 1 N–H and O–H groups in total. The molecule has 0 aliphatic carbocycles. The number of hydrogen-bond acceptors (Lipinski definition) is 4. The van der Waals surface area contributed by atoms with Gasteiger partial charge in [-0.1, -0.05) is 22.0 Å². The van der Waals surface area contributed by atoms with Crippen molar-refractivity contribution in [2.24, 2.45) is 0 Å². The maximum absolute atomic E-state index is 12.6. The highest BCUT2D eigenvalue weighted by Crippen LogP contribution is 2.27. The second-order valence-corrected chi connectivity index (χ2v) is 7.04. The quantitative estimate of drug-likeness (QED) is 0.422. The first-order valence-electron chi connectivity index (χ1n) is 8.83. The lowest BCUT2D eigenvalue weighted by atomic mass is 10.2. The fourth-order valence-corrected chi connectivity index (χ4v) is 3.08. The normalized spacial score (nSPS) is 10.8. The third-order valence-electron chi connectivity index (χ3n) is 4.14. The molecule has 1 aromatic heterocycles. The number of carbonyl (C=O) groups is 1. The standard InChI is InChI=1S/C22H17BrN2O3/c1-2-27-18-5-3-4-15(12-18)21(26)24-17-10-11-20-19(13-17)25-22(28-20)14-6-8-16(23)9-7-14/h3-13H,2H2,1H3,(H,24,26). The number of fused-ring (bicyclic) bond motifs is 1. The van der Waals surface area contributed by atoms with Gasteiger partial charge in [-0.25, -0.2) is 4.98 Å². The van der Waals surface area contributed by atoms with Crippen LogP contribution in [0.25, 0.3) is 22.6 Å². The van der Waals surface area contributed by atoms with Gasteiger partial charge in [-0.15, -0.1) is 0 Å². The number of anilines is 1. The molecule has 3 aromatic carbocycles. The molecule has 6 heteroatoms. The van der Waals surface area contributed by atoms with Crippen LogP contribution in [0.1, 0.15) is 17.3 Å². The van der Waals surface area contributed by atoms with Gasteiger partial charge in [0.15, 0.2) is 5.58 Å². The van der Waals surface area contributed by atoms with E-state index in [0.29, 0.717) is 40.6 Å². The van der Waals surface area contributed by atoms with Gasteiger partial charge in [-0.3, -0.25) is 4.79 Å². The molecule has 1 heterocycles. The molecule has 4 rings (SSSR count). The number of nitrogens with one attached hydrogen (secondary N) is 1. The van der Waals surface area contributed by atoms with E-state index >= 15 is 0 Å². The van der Waals surface area contributed by atoms with E-state index in [9.17, 15) is 4.79 Å². The number of oxazole rings is 1. The van der Waals surface area contributed by atoms with Crippen molar-refractivity contribution in [2.45, 2.75) is 6.92 Å². The molecule has 0 spiro atoms. The molecule has 0 aliphatic heterocycles. The largest absolute Gasteiger partial charge is 0.494 e. The van der Waals surface area contributed by atoms with Crippen molar-refractivity contribution in [1.82, 2.24) is 4.98 Å². The molecule has 4 aromatic rings. The SMILES string of the molecule is CCOc1cccc(C(=O)Nc2ccc3oc(-c4ccc(Br)cc4)nc3c2)c1. The van der Waals surface area contributed by atoms with Gasteiger partial charge in [-0.05, 0) is 67.6 Å². The van der Waals surface area contributed by atoms with Crippen molar-refractivity contribution >= 4 is 38.6 Å². The van der Waals surface area contributed by atoms with Gasteiger partial charge in [-0.2, -0.15) is 0 Å². The lowest BCUT2D eigenvalue weighted by Crippen LogP contribution is -2.11. The minimum atomic E-state index is -0.211. The number of rotatable bonds is 5. The predicted molar refractivity (Wildman–Crippen MR) is 113 cm³/mol. The molecule has 0 bridgehead atoms. The first-order chi connectivity index (χ1) is 13.6. The molecule has 0 saturated carbocycles. The summed E-state index contributed by atoms with van der Waals surface area (Å²) >= 11 is 3.42. The van der Waals surface area contributed by atoms with E-state index in [2.05, 4.69) is 26.2 Å². The molecular weight excluding hydrogens is 420 g/mol. The zero-order chi connectivity index (χ0) is 19.5. The smallest absolute Gasteiger partial charge is 0.255 e. The highest BCUT2D eigenvalue weighted by atomic mass is 79.9. The van der Waals surface area contributed by atoms with Crippen molar-refractivity contribution in [2.75, 3.05) is 11.9 Å². The van der Waals surface area contributed by atoms with Gasteiger partial charge in [0.05, 0.1) is 6.61 Å². The number of halogens is 1. The van der Waals surface area contributed by atoms with Crippen LogP contribution in [0.5, 0.6) is 5.75 Å². The molecular formula is C22H17BrN2O3. The summed E-state index contributed by atoms with van der Waals surface area (Å²) in [5.74, 6) is 0.995.